The number of benzene rings is 1. The molecular formula is C12H18N2O4S. The quantitative estimate of drug-likeness (QED) is 0.777. The Morgan fingerprint density at radius 2 is 2.00 bits per heavy atom. The number of para-hydroxylation sites is 1. The highest BCUT2D eigenvalue weighted by Gasteiger charge is 2.20. The van der Waals surface area contributed by atoms with Crippen LogP contribution in [0.3, 0.4) is 0 Å². The molecule has 2 N–H and O–H groups in total. The number of nitrogens with one attached hydrogen (secondary N) is 1. The minimum atomic E-state index is -3.62. The van der Waals surface area contributed by atoms with E-state index in [1.807, 2.05) is 6.92 Å². The van der Waals surface area contributed by atoms with Crippen LogP contribution in [-0.2, 0) is 14.8 Å². The molecule has 0 heterocycles. The van der Waals surface area contributed by atoms with Gasteiger partial charge in [-0.05, 0) is 18.6 Å². The molecule has 106 valence electrons. The standard InChI is InChI=1S/C12H18N2O4S/c1-3-8-13-19(17,18)11-7-5-4-6-10(11)14(2)9-12(15)16/h4-7,13H,3,8-9H2,1-2H3,(H,15,16). The number of nitrogens with zero attached hydrogens (tertiary/aromatic N) is 1. The number of hydrogen-bond donors (Lipinski definition) is 2. The van der Waals surface area contributed by atoms with E-state index >= 15 is 0 Å². The Hall–Kier alpha value is -1.60. The van der Waals surface area contributed by atoms with Gasteiger partial charge in [0.05, 0.1) is 5.69 Å². The lowest BCUT2D eigenvalue weighted by molar-refractivity contribution is -0.135. The Balaban J connectivity index is 3.11. The summed E-state index contributed by atoms with van der Waals surface area (Å²) >= 11 is 0. The van der Waals surface area contributed by atoms with Gasteiger partial charge in [-0.2, -0.15) is 0 Å². The molecule has 6 nitrogen and oxygen atoms in total. The number of sulfonamides is 1. The molecule has 1 aromatic carbocycles. The van der Waals surface area contributed by atoms with Crippen LogP contribution < -0.4 is 9.62 Å². The maximum absolute atomic E-state index is 12.1. The zero-order valence-electron chi connectivity index (χ0n) is 11.0. The molecule has 1 aromatic rings. The second-order valence-electron chi connectivity index (χ2n) is 4.12. The summed E-state index contributed by atoms with van der Waals surface area (Å²) in [7, 11) is -2.07. The Bertz CT molecular complexity index is 542. The van der Waals surface area contributed by atoms with E-state index in [9.17, 15) is 13.2 Å². The molecule has 0 aliphatic carbocycles. The van der Waals surface area contributed by atoms with Crippen molar-refractivity contribution in [3.05, 3.63) is 24.3 Å². The molecule has 0 aromatic heterocycles. The lowest BCUT2D eigenvalue weighted by Gasteiger charge is -2.20. The molecule has 0 fully saturated rings. The van der Waals surface area contributed by atoms with Crippen molar-refractivity contribution in [2.24, 2.45) is 0 Å². The third-order valence-corrected chi connectivity index (χ3v) is 3.99. The summed E-state index contributed by atoms with van der Waals surface area (Å²) in [6.45, 7) is 1.95. The minimum Gasteiger partial charge on any atom is -0.480 e. The zero-order valence-corrected chi connectivity index (χ0v) is 11.8. The molecule has 0 spiro atoms. The van der Waals surface area contributed by atoms with Crippen molar-refractivity contribution in [1.29, 1.82) is 0 Å². The van der Waals surface area contributed by atoms with E-state index in [4.69, 9.17) is 5.11 Å². The molecule has 0 radical (unpaired) electrons. The average Bonchev–Trinajstić information content (AvgIpc) is 2.35. The molecule has 0 saturated heterocycles. The number of likely N-dealkylation sites (N-methyl/N-ethyl adjacent to an activating group) is 1. The highest BCUT2D eigenvalue weighted by Crippen LogP contribution is 2.23. The normalized spacial score (nSPS) is 11.3. The summed E-state index contributed by atoms with van der Waals surface area (Å²) in [4.78, 5) is 12.2. The topological polar surface area (TPSA) is 86.7 Å². The van der Waals surface area contributed by atoms with Crippen LogP contribution >= 0.6 is 0 Å². The predicted molar refractivity (Wildman–Crippen MR) is 72.8 cm³/mol. The Morgan fingerprint density at radius 3 is 2.58 bits per heavy atom. The maximum Gasteiger partial charge on any atom is 0.323 e. The fourth-order valence-electron chi connectivity index (χ4n) is 1.60. The summed E-state index contributed by atoms with van der Waals surface area (Å²) in [5.41, 5.74) is 0.369. The molecule has 0 atom stereocenters. The van der Waals surface area contributed by atoms with Crippen molar-refractivity contribution in [2.75, 3.05) is 25.0 Å². The molecule has 0 aliphatic heterocycles. The van der Waals surface area contributed by atoms with Gasteiger partial charge >= 0.3 is 5.97 Å². The average molecular weight is 286 g/mol. The second kappa shape index (κ2) is 6.53. The molecule has 0 bridgehead atoms. The van der Waals surface area contributed by atoms with Gasteiger partial charge < -0.3 is 10.0 Å². The molecule has 0 unspecified atom stereocenters. The van der Waals surface area contributed by atoms with E-state index in [1.54, 1.807) is 25.2 Å². The van der Waals surface area contributed by atoms with Crippen molar-refractivity contribution < 1.29 is 18.3 Å². The van der Waals surface area contributed by atoms with Crippen LogP contribution in [0.5, 0.6) is 0 Å². The van der Waals surface area contributed by atoms with E-state index in [0.29, 0.717) is 18.7 Å². The lowest BCUT2D eigenvalue weighted by Crippen LogP contribution is -2.30. The van der Waals surface area contributed by atoms with Gasteiger partial charge in [0.1, 0.15) is 11.4 Å². The van der Waals surface area contributed by atoms with Gasteiger partial charge in [0.2, 0.25) is 10.0 Å². The summed E-state index contributed by atoms with van der Waals surface area (Å²) in [6.07, 6.45) is 0.687. The maximum atomic E-state index is 12.1. The van der Waals surface area contributed by atoms with Crippen LogP contribution in [0.4, 0.5) is 5.69 Å². The van der Waals surface area contributed by atoms with Crippen molar-refractivity contribution in [3.8, 4) is 0 Å². The number of carboxylic acids is 1. The first-order valence-corrected chi connectivity index (χ1v) is 7.38. The number of aliphatic carboxylic acids is 1. The number of carboxylic acid groups (broad SMARTS) is 1. The third-order valence-electron chi connectivity index (χ3n) is 2.48. The SMILES string of the molecule is CCCNS(=O)(=O)c1ccccc1N(C)CC(=O)O. The smallest absolute Gasteiger partial charge is 0.323 e. The van der Waals surface area contributed by atoms with Gasteiger partial charge in [-0.3, -0.25) is 4.79 Å². The van der Waals surface area contributed by atoms with Crippen LogP contribution in [0.25, 0.3) is 0 Å². The van der Waals surface area contributed by atoms with Gasteiger partial charge in [0.25, 0.3) is 0 Å². The Labute approximate surface area is 113 Å². The zero-order chi connectivity index (χ0) is 14.5. The Morgan fingerprint density at radius 1 is 1.37 bits per heavy atom. The highest BCUT2D eigenvalue weighted by atomic mass is 32.2. The van der Waals surface area contributed by atoms with Crippen LogP contribution in [0, 0.1) is 0 Å². The summed E-state index contributed by atoms with van der Waals surface area (Å²) < 4.78 is 26.7. The molecular weight excluding hydrogens is 268 g/mol. The summed E-state index contributed by atoms with van der Waals surface area (Å²) in [5, 5.41) is 8.77. The van der Waals surface area contributed by atoms with Crippen LogP contribution in [0.1, 0.15) is 13.3 Å². The van der Waals surface area contributed by atoms with E-state index < -0.39 is 16.0 Å². The van der Waals surface area contributed by atoms with Crippen molar-refractivity contribution in [1.82, 2.24) is 4.72 Å². The van der Waals surface area contributed by atoms with Gasteiger partial charge in [0, 0.05) is 13.6 Å². The fraction of sp³-hybridized carbons (Fsp3) is 0.417. The van der Waals surface area contributed by atoms with Gasteiger partial charge in [-0.15, -0.1) is 0 Å². The number of anilines is 1. The monoisotopic (exact) mass is 286 g/mol. The minimum absolute atomic E-state index is 0.0900. The number of hydrogen-bond acceptors (Lipinski definition) is 4. The largest absolute Gasteiger partial charge is 0.480 e. The lowest BCUT2D eigenvalue weighted by atomic mass is 10.3. The second-order valence-corrected chi connectivity index (χ2v) is 5.85. The van der Waals surface area contributed by atoms with Crippen molar-refractivity contribution in [2.45, 2.75) is 18.2 Å². The summed E-state index contributed by atoms with van der Waals surface area (Å²) in [6, 6.07) is 6.33. The van der Waals surface area contributed by atoms with Crippen LogP contribution in [0.15, 0.2) is 29.2 Å². The molecule has 19 heavy (non-hydrogen) atoms. The van der Waals surface area contributed by atoms with E-state index in [2.05, 4.69) is 4.72 Å². The van der Waals surface area contributed by atoms with Gasteiger partial charge in [0.15, 0.2) is 0 Å². The molecule has 0 aliphatic rings. The third kappa shape index (κ3) is 4.22. The molecule has 0 amide bonds. The van der Waals surface area contributed by atoms with Crippen LogP contribution in [0.2, 0.25) is 0 Å². The van der Waals surface area contributed by atoms with Gasteiger partial charge in [-0.1, -0.05) is 19.1 Å². The highest BCUT2D eigenvalue weighted by molar-refractivity contribution is 7.89. The van der Waals surface area contributed by atoms with E-state index in [-0.39, 0.29) is 11.4 Å². The van der Waals surface area contributed by atoms with E-state index in [1.165, 1.54) is 11.0 Å². The first-order valence-electron chi connectivity index (χ1n) is 5.90. The van der Waals surface area contributed by atoms with E-state index in [0.717, 1.165) is 0 Å². The summed E-state index contributed by atoms with van der Waals surface area (Å²) in [5.74, 6) is -1.02. The Kier molecular flexibility index (Phi) is 5.31. The van der Waals surface area contributed by atoms with Crippen LogP contribution in [-0.4, -0.2) is 39.6 Å². The number of rotatable bonds is 7. The molecule has 7 heteroatoms. The number of carbonyl (C=O) groups is 1. The van der Waals surface area contributed by atoms with Crippen molar-refractivity contribution in [3.63, 3.8) is 0 Å². The predicted octanol–water partition coefficient (Wildman–Crippen LogP) is 0.896. The molecule has 1 rings (SSSR count). The molecule has 0 saturated carbocycles. The van der Waals surface area contributed by atoms with Crippen molar-refractivity contribution >= 4 is 21.7 Å². The fourth-order valence-corrected chi connectivity index (χ4v) is 2.99. The van der Waals surface area contributed by atoms with Gasteiger partial charge in [-0.25, -0.2) is 13.1 Å². The first kappa shape index (κ1) is 15.5. The first-order chi connectivity index (χ1) is 8.88.